The van der Waals surface area contributed by atoms with Gasteiger partial charge in [0.25, 0.3) is 0 Å². The normalized spacial score (nSPS) is 22.5. The van der Waals surface area contributed by atoms with E-state index in [1.165, 1.54) is 0 Å². The first kappa shape index (κ1) is 10.5. The molecule has 1 saturated heterocycles. The van der Waals surface area contributed by atoms with Crippen LogP contribution in [0.2, 0.25) is 0 Å². The number of benzene rings is 2. The summed E-state index contributed by atoms with van der Waals surface area (Å²) in [7, 11) is 0. The van der Waals surface area contributed by atoms with Crippen LogP contribution in [0, 0.1) is 5.82 Å². The zero-order valence-corrected chi connectivity index (χ0v) is 9.56. The highest BCUT2D eigenvalue weighted by Crippen LogP contribution is 2.39. The van der Waals surface area contributed by atoms with E-state index in [9.17, 15) is 4.39 Å². The summed E-state index contributed by atoms with van der Waals surface area (Å²) < 4.78 is 19.3. The molecule has 2 atom stereocenters. The Morgan fingerprint density at radius 3 is 2.35 bits per heavy atom. The average molecular weight is 228 g/mol. The molecule has 0 spiro atoms. The largest absolute Gasteiger partial charge is 0.365 e. The second kappa shape index (κ2) is 3.97. The molecule has 0 N–H and O–H groups in total. The number of hydrogen-bond acceptors (Lipinski definition) is 1. The molecule has 0 amide bonds. The first-order chi connectivity index (χ1) is 8.25. The molecule has 1 nitrogen and oxygen atoms in total. The fraction of sp³-hybridized carbons (Fsp3) is 0.200. The van der Waals surface area contributed by atoms with Gasteiger partial charge in [0.05, 0.1) is 6.10 Å². The molecule has 2 aromatic rings. The Labute approximate surface area is 99.9 Å². The third-order valence-electron chi connectivity index (χ3n) is 3.12. The van der Waals surface area contributed by atoms with Crippen LogP contribution in [0.3, 0.4) is 0 Å². The number of epoxide rings is 1. The number of rotatable bonds is 2. The molecular weight excluding hydrogens is 215 g/mol. The molecule has 86 valence electrons. The van der Waals surface area contributed by atoms with Crippen LogP contribution in [0.4, 0.5) is 4.39 Å². The van der Waals surface area contributed by atoms with Crippen LogP contribution in [0.15, 0.2) is 48.5 Å². The Bertz CT molecular complexity index is 536. The van der Waals surface area contributed by atoms with E-state index in [-0.39, 0.29) is 18.0 Å². The van der Waals surface area contributed by atoms with E-state index in [1.807, 2.05) is 49.4 Å². The van der Waals surface area contributed by atoms with Gasteiger partial charge in [0.1, 0.15) is 11.9 Å². The van der Waals surface area contributed by atoms with E-state index in [0.29, 0.717) is 5.56 Å². The maximum absolute atomic E-state index is 14.0. The van der Waals surface area contributed by atoms with Crippen LogP contribution in [-0.2, 0) is 4.74 Å². The van der Waals surface area contributed by atoms with Crippen molar-refractivity contribution in [2.75, 3.05) is 0 Å². The predicted octanol–water partition coefficient (Wildman–Crippen LogP) is 3.95. The highest BCUT2D eigenvalue weighted by molar-refractivity contribution is 5.64. The molecule has 0 aromatic heterocycles. The lowest BCUT2D eigenvalue weighted by Gasteiger charge is -2.05. The van der Waals surface area contributed by atoms with Crippen LogP contribution in [0.5, 0.6) is 0 Å². The first-order valence-corrected chi connectivity index (χ1v) is 5.76. The highest BCUT2D eigenvalue weighted by atomic mass is 19.1. The summed E-state index contributed by atoms with van der Waals surface area (Å²) in [6.45, 7) is 1.99. The van der Waals surface area contributed by atoms with Crippen molar-refractivity contribution in [1.29, 1.82) is 0 Å². The van der Waals surface area contributed by atoms with E-state index < -0.39 is 0 Å². The van der Waals surface area contributed by atoms with Crippen LogP contribution < -0.4 is 0 Å². The summed E-state index contributed by atoms with van der Waals surface area (Å²) in [6, 6.07) is 14.9. The molecular formula is C15H13FO. The van der Waals surface area contributed by atoms with Crippen molar-refractivity contribution in [3.63, 3.8) is 0 Å². The molecule has 0 unspecified atom stereocenters. The highest BCUT2D eigenvalue weighted by Gasteiger charge is 2.35. The van der Waals surface area contributed by atoms with Crippen molar-refractivity contribution in [3.05, 3.63) is 59.9 Å². The average Bonchev–Trinajstić information content (AvgIpc) is 3.07. The number of ether oxygens (including phenoxy) is 1. The van der Waals surface area contributed by atoms with Crippen molar-refractivity contribution < 1.29 is 9.13 Å². The summed E-state index contributed by atoms with van der Waals surface area (Å²) in [5, 5.41) is 0. The Morgan fingerprint density at radius 2 is 1.76 bits per heavy atom. The van der Waals surface area contributed by atoms with Crippen molar-refractivity contribution in [2.45, 2.75) is 19.1 Å². The van der Waals surface area contributed by atoms with Gasteiger partial charge in [-0.05, 0) is 24.1 Å². The molecule has 2 aromatic carbocycles. The minimum atomic E-state index is -0.184. The van der Waals surface area contributed by atoms with Crippen LogP contribution in [0.25, 0.3) is 11.1 Å². The van der Waals surface area contributed by atoms with Gasteiger partial charge in [0, 0.05) is 5.56 Å². The maximum atomic E-state index is 14.0. The third-order valence-corrected chi connectivity index (χ3v) is 3.12. The monoisotopic (exact) mass is 228 g/mol. The smallest absolute Gasteiger partial charge is 0.131 e. The first-order valence-electron chi connectivity index (χ1n) is 5.76. The quantitative estimate of drug-likeness (QED) is 0.709. The van der Waals surface area contributed by atoms with E-state index in [0.717, 1.165) is 11.1 Å². The lowest BCUT2D eigenvalue weighted by molar-refractivity contribution is 0.382. The van der Waals surface area contributed by atoms with Crippen molar-refractivity contribution >= 4 is 0 Å². The maximum Gasteiger partial charge on any atom is 0.131 e. The van der Waals surface area contributed by atoms with Gasteiger partial charge in [-0.1, -0.05) is 42.5 Å². The van der Waals surface area contributed by atoms with Gasteiger partial charge >= 0.3 is 0 Å². The van der Waals surface area contributed by atoms with E-state index in [2.05, 4.69) is 0 Å². The van der Waals surface area contributed by atoms with Gasteiger partial charge in [-0.25, -0.2) is 4.39 Å². The molecule has 0 saturated carbocycles. The fourth-order valence-corrected chi connectivity index (χ4v) is 2.10. The van der Waals surface area contributed by atoms with E-state index in [4.69, 9.17) is 4.74 Å². The summed E-state index contributed by atoms with van der Waals surface area (Å²) in [5.74, 6) is -0.184. The Hall–Kier alpha value is -1.67. The molecule has 0 radical (unpaired) electrons. The zero-order valence-electron chi connectivity index (χ0n) is 9.56. The lowest BCUT2D eigenvalue weighted by Crippen LogP contribution is -1.89. The molecule has 0 aliphatic carbocycles. The van der Waals surface area contributed by atoms with Gasteiger partial charge < -0.3 is 4.74 Å². The summed E-state index contributed by atoms with van der Waals surface area (Å²) >= 11 is 0. The Morgan fingerprint density at radius 1 is 1.06 bits per heavy atom. The zero-order chi connectivity index (χ0) is 11.8. The minimum absolute atomic E-state index is 0.0781. The van der Waals surface area contributed by atoms with Gasteiger partial charge in [-0.15, -0.1) is 0 Å². The van der Waals surface area contributed by atoms with E-state index in [1.54, 1.807) is 6.07 Å². The molecule has 2 heteroatoms. The number of halogens is 1. The fourth-order valence-electron chi connectivity index (χ4n) is 2.10. The Balaban J connectivity index is 1.97. The predicted molar refractivity (Wildman–Crippen MR) is 65.1 cm³/mol. The second-order valence-corrected chi connectivity index (χ2v) is 4.37. The molecule has 0 bridgehead atoms. The van der Waals surface area contributed by atoms with Gasteiger partial charge in [-0.2, -0.15) is 0 Å². The topological polar surface area (TPSA) is 12.5 Å². The molecule has 17 heavy (non-hydrogen) atoms. The molecule has 1 heterocycles. The summed E-state index contributed by atoms with van der Waals surface area (Å²) in [6.07, 6.45) is 0.297. The molecule has 3 rings (SSSR count). The van der Waals surface area contributed by atoms with Crippen LogP contribution >= 0.6 is 0 Å². The van der Waals surface area contributed by atoms with E-state index >= 15 is 0 Å². The SMILES string of the molecule is C[C@H]1O[C@@H]1c1ccc(-c2ccccc2)c(F)c1. The molecule has 1 aliphatic rings. The summed E-state index contributed by atoms with van der Waals surface area (Å²) in [4.78, 5) is 0. The van der Waals surface area contributed by atoms with Crippen molar-refractivity contribution in [3.8, 4) is 11.1 Å². The number of hydrogen-bond donors (Lipinski definition) is 0. The van der Waals surface area contributed by atoms with Crippen LogP contribution in [0.1, 0.15) is 18.6 Å². The van der Waals surface area contributed by atoms with Gasteiger partial charge in [0.2, 0.25) is 0 Å². The molecule has 1 fully saturated rings. The molecule has 1 aliphatic heterocycles. The second-order valence-electron chi connectivity index (χ2n) is 4.37. The third kappa shape index (κ3) is 1.96. The van der Waals surface area contributed by atoms with Crippen molar-refractivity contribution in [2.24, 2.45) is 0 Å². The Kier molecular flexibility index (Phi) is 2.45. The van der Waals surface area contributed by atoms with Gasteiger partial charge in [-0.3, -0.25) is 0 Å². The van der Waals surface area contributed by atoms with Gasteiger partial charge in [0.15, 0.2) is 0 Å². The minimum Gasteiger partial charge on any atom is -0.365 e. The van der Waals surface area contributed by atoms with Crippen molar-refractivity contribution in [1.82, 2.24) is 0 Å². The lowest BCUT2D eigenvalue weighted by atomic mass is 10.0. The summed E-state index contributed by atoms with van der Waals surface area (Å²) in [5.41, 5.74) is 2.47. The van der Waals surface area contributed by atoms with Crippen LogP contribution in [-0.4, -0.2) is 6.10 Å². The standard InChI is InChI=1S/C15H13FO/c1-10-15(17-10)12-7-8-13(14(16)9-12)11-5-3-2-4-6-11/h2-10,15H,1H3/t10-,15+/m1/s1.